The molecule has 0 amide bonds. The van der Waals surface area contributed by atoms with Crippen LogP contribution in [0.1, 0.15) is 24.4 Å². The molecule has 0 radical (unpaired) electrons. The Morgan fingerprint density at radius 1 is 1.15 bits per heavy atom. The van der Waals surface area contributed by atoms with E-state index in [2.05, 4.69) is 21.4 Å². The Balaban J connectivity index is 2.01. The van der Waals surface area contributed by atoms with Crippen LogP contribution in [0.5, 0.6) is 0 Å². The van der Waals surface area contributed by atoms with E-state index in [9.17, 15) is 5.11 Å². The van der Waals surface area contributed by atoms with Crippen LogP contribution in [0.3, 0.4) is 0 Å². The predicted molar refractivity (Wildman–Crippen MR) is 108 cm³/mol. The van der Waals surface area contributed by atoms with Gasteiger partial charge >= 0.3 is 0 Å². The average Bonchev–Trinajstić information content (AvgIpc) is 2.65. The van der Waals surface area contributed by atoms with E-state index in [1.54, 1.807) is 0 Å². The molecule has 6 heteroatoms. The van der Waals surface area contributed by atoms with Crippen molar-refractivity contribution in [2.24, 2.45) is 0 Å². The van der Waals surface area contributed by atoms with Gasteiger partial charge in [0.25, 0.3) is 0 Å². The van der Waals surface area contributed by atoms with Crippen molar-refractivity contribution in [3.8, 4) is 0 Å². The lowest BCUT2D eigenvalue weighted by Gasteiger charge is -2.21. The molecule has 2 aromatic carbocycles. The SMILES string of the molecule is CCc1nc(N[C@@H](CO)c2cccc(N(C)C)c2)c2ccc(Cl)cc2n1. The molecule has 26 heavy (non-hydrogen) atoms. The molecule has 0 fully saturated rings. The predicted octanol–water partition coefficient (Wildman–Crippen LogP) is 4.06. The first-order chi connectivity index (χ1) is 12.5. The van der Waals surface area contributed by atoms with Crippen LogP contribution in [0.15, 0.2) is 42.5 Å². The summed E-state index contributed by atoms with van der Waals surface area (Å²) in [5, 5.41) is 14.9. The Kier molecular flexibility index (Phi) is 5.59. The van der Waals surface area contributed by atoms with Crippen molar-refractivity contribution < 1.29 is 5.11 Å². The number of nitrogens with one attached hydrogen (secondary N) is 1. The second-order valence-corrected chi connectivity index (χ2v) is 6.81. The van der Waals surface area contributed by atoms with Gasteiger partial charge in [-0.25, -0.2) is 9.97 Å². The zero-order valence-corrected chi connectivity index (χ0v) is 16.0. The zero-order chi connectivity index (χ0) is 18.7. The minimum atomic E-state index is -0.270. The van der Waals surface area contributed by atoms with Gasteiger partial charge < -0.3 is 15.3 Å². The summed E-state index contributed by atoms with van der Waals surface area (Å²) in [4.78, 5) is 11.2. The molecule has 2 N–H and O–H groups in total. The summed E-state index contributed by atoms with van der Waals surface area (Å²) in [6.45, 7) is 1.97. The number of benzene rings is 2. The topological polar surface area (TPSA) is 61.3 Å². The molecular weight excluding hydrogens is 348 g/mol. The number of hydrogen-bond donors (Lipinski definition) is 2. The van der Waals surface area contributed by atoms with E-state index < -0.39 is 0 Å². The van der Waals surface area contributed by atoms with E-state index in [-0.39, 0.29) is 12.6 Å². The van der Waals surface area contributed by atoms with E-state index in [1.807, 2.05) is 62.3 Å². The lowest BCUT2D eigenvalue weighted by molar-refractivity contribution is 0.276. The number of anilines is 2. The molecular formula is C20H23ClN4O. The number of nitrogens with zero attached hydrogens (tertiary/aromatic N) is 3. The Morgan fingerprint density at radius 3 is 2.65 bits per heavy atom. The number of fused-ring (bicyclic) bond motifs is 1. The Morgan fingerprint density at radius 2 is 1.96 bits per heavy atom. The van der Waals surface area contributed by atoms with Crippen LogP contribution >= 0.6 is 11.6 Å². The standard InChI is InChI=1S/C20H23ClN4O/c1-4-19-22-17-11-14(21)8-9-16(17)20(24-19)23-18(12-26)13-6-5-7-15(10-13)25(2)3/h5-11,18,26H,4,12H2,1-3H3,(H,22,23,24)/t18-/m0/s1. The molecule has 0 unspecified atom stereocenters. The minimum absolute atomic E-state index is 0.0442. The minimum Gasteiger partial charge on any atom is -0.394 e. The normalized spacial score (nSPS) is 12.2. The van der Waals surface area contributed by atoms with Crippen LogP contribution in [-0.4, -0.2) is 35.8 Å². The number of aryl methyl sites for hydroxylation is 1. The molecule has 1 aromatic heterocycles. The molecule has 0 saturated heterocycles. The molecule has 5 nitrogen and oxygen atoms in total. The van der Waals surface area contributed by atoms with Crippen LogP contribution in [0.4, 0.5) is 11.5 Å². The molecule has 1 heterocycles. The van der Waals surface area contributed by atoms with Crippen molar-refractivity contribution in [1.82, 2.24) is 9.97 Å². The van der Waals surface area contributed by atoms with Crippen LogP contribution in [-0.2, 0) is 6.42 Å². The van der Waals surface area contributed by atoms with Gasteiger partial charge in [-0.15, -0.1) is 0 Å². The number of hydrogen-bond acceptors (Lipinski definition) is 5. The second-order valence-electron chi connectivity index (χ2n) is 6.37. The number of halogens is 1. The lowest BCUT2D eigenvalue weighted by Crippen LogP contribution is -2.17. The monoisotopic (exact) mass is 370 g/mol. The van der Waals surface area contributed by atoms with E-state index in [4.69, 9.17) is 11.6 Å². The lowest BCUT2D eigenvalue weighted by atomic mass is 10.1. The van der Waals surface area contributed by atoms with Crippen LogP contribution in [0.25, 0.3) is 10.9 Å². The molecule has 0 spiro atoms. The van der Waals surface area contributed by atoms with Crippen LogP contribution in [0.2, 0.25) is 5.02 Å². The van der Waals surface area contributed by atoms with E-state index in [0.717, 1.165) is 34.4 Å². The maximum Gasteiger partial charge on any atom is 0.138 e. The van der Waals surface area contributed by atoms with Gasteiger partial charge in [-0.2, -0.15) is 0 Å². The third-order valence-electron chi connectivity index (χ3n) is 4.30. The molecule has 0 aliphatic heterocycles. The van der Waals surface area contributed by atoms with Gasteiger partial charge in [0.05, 0.1) is 18.2 Å². The summed E-state index contributed by atoms with van der Waals surface area (Å²) in [6, 6.07) is 13.4. The number of aliphatic hydroxyl groups is 1. The highest BCUT2D eigenvalue weighted by Crippen LogP contribution is 2.28. The fraction of sp³-hybridized carbons (Fsp3) is 0.300. The Labute approximate surface area is 158 Å². The van der Waals surface area contributed by atoms with E-state index in [1.165, 1.54) is 0 Å². The van der Waals surface area contributed by atoms with Gasteiger partial charge in [0, 0.05) is 36.6 Å². The van der Waals surface area contributed by atoms with Gasteiger partial charge in [-0.05, 0) is 35.9 Å². The van der Waals surface area contributed by atoms with Gasteiger partial charge in [-0.1, -0.05) is 30.7 Å². The molecule has 3 aromatic rings. The first kappa shape index (κ1) is 18.4. The smallest absolute Gasteiger partial charge is 0.138 e. The van der Waals surface area contributed by atoms with Crippen LogP contribution in [0, 0.1) is 0 Å². The van der Waals surface area contributed by atoms with Gasteiger partial charge in [0.1, 0.15) is 11.6 Å². The number of aromatic nitrogens is 2. The second kappa shape index (κ2) is 7.89. The highest BCUT2D eigenvalue weighted by molar-refractivity contribution is 6.31. The first-order valence-corrected chi connectivity index (χ1v) is 9.00. The molecule has 0 aliphatic carbocycles. The van der Waals surface area contributed by atoms with Crippen molar-refractivity contribution in [1.29, 1.82) is 0 Å². The van der Waals surface area contributed by atoms with Gasteiger partial charge in [0.2, 0.25) is 0 Å². The van der Waals surface area contributed by atoms with Crippen molar-refractivity contribution in [3.63, 3.8) is 0 Å². The van der Waals surface area contributed by atoms with Crippen molar-refractivity contribution in [2.45, 2.75) is 19.4 Å². The van der Waals surface area contributed by atoms with Crippen molar-refractivity contribution in [2.75, 3.05) is 30.9 Å². The Bertz CT molecular complexity index is 913. The Hall–Kier alpha value is -2.37. The maximum atomic E-state index is 9.97. The summed E-state index contributed by atoms with van der Waals surface area (Å²) in [7, 11) is 3.99. The summed E-state index contributed by atoms with van der Waals surface area (Å²) in [6.07, 6.45) is 0.719. The fourth-order valence-corrected chi connectivity index (χ4v) is 3.00. The highest BCUT2D eigenvalue weighted by atomic mass is 35.5. The van der Waals surface area contributed by atoms with E-state index in [0.29, 0.717) is 10.8 Å². The van der Waals surface area contributed by atoms with Gasteiger partial charge in [-0.3, -0.25) is 0 Å². The average molecular weight is 371 g/mol. The molecule has 0 aliphatic rings. The van der Waals surface area contributed by atoms with Gasteiger partial charge in [0.15, 0.2) is 0 Å². The third-order valence-corrected chi connectivity index (χ3v) is 4.54. The number of rotatable bonds is 6. The zero-order valence-electron chi connectivity index (χ0n) is 15.2. The maximum absolute atomic E-state index is 9.97. The van der Waals surface area contributed by atoms with Crippen molar-refractivity contribution >= 4 is 34.0 Å². The first-order valence-electron chi connectivity index (χ1n) is 8.62. The largest absolute Gasteiger partial charge is 0.394 e. The summed E-state index contributed by atoms with van der Waals surface area (Å²) < 4.78 is 0. The highest BCUT2D eigenvalue weighted by Gasteiger charge is 2.15. The van der Waals surface area contributed by atoms with Crippen LogP contribution < -0.4 is 10.2 Å². The molecule has 0 bridgehead atoms. The summed E-state index contributed by atoms with van der Waals surface area (Å²) in [5.74, 6) is 1.44. The third kappa shape index (κ3) is 3.89. The molecule has 0 saturated carbocycles. The molecule has 1 atom stereocenters. The summed E-state index contributed by atoms with van der Waals surface area (Å²) >= 11 is 6.12. The van der Waals surface area contributed by atoms with Crippen molar-refractivity contribution in [3.05, 3.63) is 58.9 Å². The summed E-state index contributed by atoms with van der Waals surface area (Å²) in [5.41, 5.74) is 2.87. The van der Waals surface area contributed by atoms with E-state index >= 15 is 0 Å². The quantitative estimate of drug-likeness (QED) is 0.685. The molecule has 136 valence electrons. The number of aliphatic hydroxyl groups excluding tert-OH is 1. The fourth-order valence-electron chi connectivity index (χ4n) is 2.84. The molecule has 3 rings (SSSR count).